The van der Waals surface area contributed by atoms with Crippen LogP contribution in [0.4, 0.5) is 8.78 Å². The van der Waals surface area contributed by atoms with E-state index in [0.717, 1.165) is 0 Å². The lowest BCUT2D eigenvalue weighted by Gasteiger charge is -2.47. The highest BCUT2D eigenvalue weighted by Crippen LogP contribution is 2.35. The fourth-order valence-electron chi connectivity index (χ4n) is 6.31. The van der Waals surface area contributed by atoms with Crippen molar-refractivity contribution >= 4 is 5.91 Å². The first-order valence-corrected chi connectivity index (χ1v) is 16.0. The Morgan fingerprint density at radius 1 is 0.816 bits per heavy atom. The molecule has 4 rings (SSSR count). The van der Waals surface area contributed by atoms with Crippen molar-refractivity contribution in [1.82, 2.24) is 5.32 Å². The SMILES string of the molecule is NC[C@@H]1C[C@@H](O)[C@@H](N)[C@@H](O[C@H]2[C@H](O[C@@H]3O[C@H](CO)[C@@H](O[C@@H]4CC(O)[C@H](O)[C@H](CN)O4)[C@H]3O)[C@@H](O)[C@H](NC(=O)[C@@H](O)C(F)(F)CN)C[C@@H]2N)O1. The normalized spacial score (nSPS) is 45.6. The topological polar surface area (TPSA) is 356 Å². The summed E-state index contributed by atoms with van der Waals surface area (Å²) in [5.41, 5.74) is 28.8. The van der Waals surface area contributed by atoms with Gasteiger partial charge in [0, 0.05) is 32.0 Å². The van der Waals surface area contributed by atoms with E-state index in [1.54, 1.807) is 0 Å². The fraction of sp³-hybridized carbons (Fsp3) is 0.963. The van der Waals surface area contributed by atoms with Crippen molar-refractivity contribution in [2.45, 2.75) is 135 Å². The minimum absolute atomic E-state index is 0.00839. The Morgan fingerprint density at radius 2 is 1.49 bits per heavy atom. The Labute approximate surface area is 279 Å². The molecule has 0 aromatic heterocycles. The lowest BCUT2D eigenvalue weighted by Crippen LogP contribution is -2.68. The summed E-state index contributed by atoms with van der Waals surface area (Å²) < 4.78 is 62.8. The van der Waals surface area contributed by atoms with Gasteiger partial charge in [0.05, 0.1) is 43.5 Å². The second kappa shape index (κ2) is 17.0. The number of rotatable bonds is 13. The zero-order chi connectivity index (χ0) is 36.4. The molecule has 0 spiro atoms. The van der Waals surface area contributed by atoms with Gasteiger partial charge in [-0.2, -0.15) is 0 Å². The zero-order valence-corrected chi connectivity index (χ0v) is 26.5. The van der Waals surface area contributed by atoms with Gasteiger partial charge in [0.2, 0.25) is 0 Å². The van der Waals surface area contributed by atoms with Gasteiger partial charge in [0.25, 0.3) is 11.8 Å². The van der Waals surface area contributed by atoms with Crippen LogP contribution in [0.15, 0.2) is 0 Å². The molecule has 3 heterocycles. The van der Waals surface area contributed by atoms with Crippen LogP contribution in [0.5, 0.6) is 0 Å². The van der Waals surface area contributed by atoms with Gasteiger partial charge in [-0.3, -0.25) is 4.79 Å². The van der Waals surface area contributed by atoms with E-state index in [2.05, 4.69) is 5.32 Å². The van der Waals surface area contributed by atoms with Gasteiger partial charge in [0.1, 0.15) is 48.8 Å². The Morgan fingerprint density at radius 3 is 2.10 bits per heavy atom. The highest BCUT2D eigenvalue weighted by molar-refractivity contribution is 5.82. The number of nitrogens with two attached hydrogens (primary N) is 5. The maximum atomic E-state index is 14.0. The Hall–Kier alpha value is -1.39. The molecule has 0 radical (unpaired) electrons. The molecule has 22 heteroatoms. The second-order valence-electron chi connectivity index (χ2n) is 12.8. The van der Waals surface area contributed by atoms with E-state index in [-0.39, 0.29) is 32.4 Å². The molecular formula is C27H50F2N6O14. The second-order valence-corrected chi connectivity index (χ2v) is 12.8. The number of alkyl halides is 2. The molecule has 4 aliphatic rings. The summed E-state index contributed by atoms with van der Waals surface area (Å²) in [6, 6.07) is -3.73. The van der Waals surface area contributed by atoms with E-state index in [9.17, 15) is 49.3 Å². The van der Waals surface area contributed by atoms with Crippen molar-refractivity contribution in [2.75, 3.05) is 26.2 Å². The van der Waals surface area contributed by atoms with Crippen LogP contribution in [0.2, 0.25) is 0 Å². The third-order valence-corrected chi connectivity index (χ3v) is 9.25. The summed E-state index contributed by atoms with van der Waals surface area (Å²) in [6.07, 6.45) is -22.2. The lowest BCUT2D eigenvalue weighted by molar-refractivity contribution is -0.295. The average molecular weight is 721 g/mol. The maximum Gasteiger partial charge on any atom is 0.294 e. The zero-order valence-electron chi connectivity index (χ0n) is 26.5. The van der Waals surface area contributed by atoms with Crippen molar-refractivity contribution in [3.05, 3.63) is 0 Å². The van der Waals surface area contributed by atoms with Crippen molar-refractivity contribution in [3.63, 3.8) is 0 Å². The molecule has 0 aromatic carbocycles. The van der Waals surface area contributed by atoms with Crippen molar-refractivity contribution in [3.8, 4) is 0 Å². The molecule has 286 valence electrons. The fourth-order valence-corrected chi connectivity index (χ4v) is 6.31. The Kier molecular flexibility index (Phi) is 14.0. The minimum atomic E-state index is -4.00. The molecule has 1 unspecified atom stereocenters. The van der Waals surface area contributed by atoms with Gasteiger partial charge >= 0.3 is 0 Å². The van der Waals surface area contributed by atoms with E-state index >= 15 is 0 Å². The first-order valence-electron chi connectivity index (χ1n) is 16.0. The molecule has 3 saturated heterocycles. The summed E-state index contributed by atoms with van der Waals surface area (Å²) in [4.78, 5) is 12.6. The predicted molar refractivity (Wildman–Crippen MR) is 158 cm³/mol. The highest BCUT2D eigenvalue weighted by Gasteiger charge is 2.54. The van der Waals surface area contributed by atoms with Crippen LogP contribution < -0.4 is 34.0 Å². The van der Waals surface area contributed by atoms with Gasteiger partial charge < -0.3 is 98.2 Å². The molecule has 0 aromatic rings. The van der Waals surface area contributed by atoms with Crippen LogP contribution in [0.1, 0.15) is 19.3 Å². The molecule has 1 aliphatic carbocycles. The molecule has 1 saturated carbocycles. The predicted octanol–water partition coefficient (Wildman–Crippen LogP) is -7.69. The summed E-state index contributed by atoms with van der Waals surface area (Å²) in [6.45, 7) is -2.25. The minimum Gasteiger partial charge on any atom is -0.394 e. The largest absolute Gasteiger partial charge is 0.394 e. The lowest BCUT2D eigenvalue weighted by atomic mass is 9.83. The number of carbonyl (C=O) groups is 1. The monoisotopic (exact) mass is 720 g/mol. The summed E-state index contributed by atoms with van der Waals surface area (Å²) in [5.74, 6) is -5.57. The number of amides is 1. The molecule has 0 bridgehead atoms. The smallest absolute Gasteiger partial charge is 0.294 e. The van der Waals surface area contributed by atoms with E-state index in [4.69, 9.17) is 57.1 Å². The molecule has 1 amide bonds. The number of aliphatic hydroxyl groups is 7. The van der Waals surface area contributed by atoms with E-state index in [1.807, 2.05) is 0 Å². The van der Waals surface area contributed by atoms with Crippen LogP contribution in [0.25, 0.3) is 0 Å². The average Bonchev–Trinajstić information content (AvgIpc) is 3.36. The summed E-state index contributed by atoms with van der Waals surface area (Å²) in [5, 5.41) is 75.5. The van der Waals surface area contributed by atoms with Gasteiger partial charge in [0.15, 0.2) is 25.0 Å². The van der Waals surface area contributed by atoms with Crippen LogP contribution >= 0.6 is 0 Å². The number of halogens is 2. The van der Waals surface area contributed by atoms with Crippen LogP contribution in [-0.4, -0.2) is 184 Å². The number of hydrogen-bond donors (Lipinski definition) is 13. The van der Waals surface area contributed by atoms with Crippen molar-refractivity contribution in [1.29, 1.82) is 0 Å². The molecule has 18 N–H and O–H groups in total. The molecule has 49 heavy (non-hydrogen) atoms. The molecule has 20 nitrogen and oxygen atoms in total. The van der Waals surface area contributed by atoms with Gasteiger partial charge in [-0.15, -0.1) is 0 Å². The first kappa shape index (κ1) is 40.4. The van der Waals surface area contributed by atoms with Crippen molar-refractivity contribution < 1.29 is 77.7 Å². The quantitative estimate of drug-likeness (QED) is 0.0840. The molecule has 3 aliphatic heterocycles. The molecular weight excluding hydrogens is 670 g/mol. The van der Waals surface area contributed by atoms with Gasteiger partial charge in [-0.25, -0.2) is 8.78 Å². The standard InChI is InChI=1S/C27H50F2N6O14/c28-27(29,7-32)23(42)24(43)35-10-2-9(33)20(48-25-16(34)11(37)1-8(4-30)44-25)22(17(10)39)49-26-19(41)21(14(6-36)46-26)47-15-3-12(38)18(40)13(5-31)45-15/h8-23,25-26,36-42H,1-7,30-34H2,(H,35,43)/t8-,9-,10+,11+,12?,13-,14+,15+,16+,17-,18-,19+,20+,21+,22+,23+,25+,26-/m0/s1. The van der Waals surface area contributed by atoms with E-state index in [0.29, 0.717) is 0 Å². The third-order valence-electron chi connectivity index (χ3n) is 9.25. The van der Waals surface area contributed by atoms with Gasteiger partial charge in [-0.05, 0) is 6.42 Å². The number of hydrogen-bond acceptors (Lipinski definition) is 19. The van der Waals surface area contributed by atoms with Crippen LogP contribution in [0.3, 0.4) is 0 Å². The Bertz CT molecular complexity index is 1080. The molecule has 4 fully saturated rings. The first-order chi connectivity index (χ1) is 23.1. The van der Waals surface area contributed by atoms with Gasteiger partial charge in [-0.1, -0.05) is 0 Å². The maximum absolute atomic E-state index is 14.0. The number of nitrogens with one attached hydrogen (secondary N) is 1. The number of ether oxygens (including phenoxy) is 6. The van der Waals surface area contributed by atoms with E-state index in [1.165, 1.54) is 0 Å². The number of carbonyl (C=O) groups excluding carboxylic acids is 1. The molecule has 18 atom stereocenters. The Balaban J connectivity index is 1.56. The van der Waals surface area contributed by atoms with Crippen LogP contribution in [0, 0.1) is 0 Å². The number of aliphatic hydroxyl groups excluding tert-OH is 7. The summed E-state index contributed by atoms with van der Waals surface area (Å²) >= 11 is 0. The van der Waals surface area contributed by atoms with Crippen LogP contribution in [-0.2, 0) is 33.2 Å². The van der Waals surface area contributed by atoms with E-state index < -0.39 is 135 Å². The summed E-state index contributed by atoms with van der Waals surface area (Å²) in [7, 11) is 0. The van der Waals surface area contributed by atoms with Crippen molar-refractivity contribution in [2.24, 2.45) is 28.7 Å². The third kappa shape index (κ3) is 8.98. The highest BCUT2D eigenvalue weighted by atomic mass is 19.3.